The van der Waals surface area contributed by atoms with Crippen LogP contribution in [0.15, 0.2) is 58.6 Å². The summed E-state index contributed by atoms with van der Waals surface area (Å²) in [7, 11) is 1.68. The molecule has 0 fully saturated rings. The number of hydrogen-bond acceptors (Lipinski definition) is 5. The molecule has 1 atom stereocenters. The van der Waals surface area contributed by atoms with E-state index in [1.807, 2.05) is 34.9 Å². The maximum atomic E-state index is 5.38. The van der Waals surface area contributed by atoms with E-state index in [1.54, 1.807) is 31.5 Å². The minimum atomic E-state index is 0.245. The average molecular weight is 315 g/mol. The van der Waals surface area contributed by atoms with Gasteiger partial charge in [0.25, 0.3) is 0 Å². The van der Waals surface area contributed by atoms with Crippen molar-refractivity contribution in [3.05, 3.63) is 60.3 Å². The molecule has 0 bridgehead atoms. The van der Waals surface area contributed by atoms with Crippen molar-refractivity contribution in [1.29, 1.82) is 0 Å². The maximum Gasteiger partial charge on any atom is 0.192 e. The molecule has 0 radical (unpaired) electrons. The number of hydrogen-bond donors (Lipinski definition) is 0. The smallest absolute Gasteiger partial charge is 0.192 e. The molecule has 0 saturated heterocycles. The molecule has 0 saturated carbocycles. The molecule has 1 aromatic carbocycles. The molecule has 2 aromatic heterocycles. The quantitative estimate of drug-likeness (QED) is 0.648. The zero-order valence-electron chi connectivity index (χ0n) is 12.5. The van der Waals surface area contributed by atoms with Crippen LogP contribution in [-0.2, 0) is 6.54 Å². The summed E-state index contributed by atoms with van der Waals surface area (Å²) < 4.78 is 12.6. The van der Waals surface area contributed by atoms with Gasteiger partial charge < -0.3 is 13.7 Å². The van der Waals surface area contributed by atoms with Crippen LogP contribution < -0.4 is 4.74 Å². The Hall–Kier alpha value is -2.21. The van der Waals surface area contributed by atoms with E-state index in [0.717, 1.165) is 16.7 Å². The third kappa shape index (κ3) is 3.33. The fourth-order valence-electron chi connectivity index (χ4n) is 2.14. The Labute approximate surface area is 133 Å². The molecule has 0 amide bonds. The highest BCUT2D eigenvalue weighted by Gasteiger charge is 2.14. The van der Waals surface area contributed by atoms with Crippen LogP contribution in [0, 0.1) is 0 Å². The number of benzene rings is 1. The molecule has 0 N–H and O–H groups in total. The van der Waals surface area contributed by atoms with Crippen molar-refractivity contribution in [2.75, 3.05) is 7.11 Å². The second-order valence-corrected chi connectivity index (χ2v) is 6.17. The monoisotopic (exact) mass is 315 g/mol. The van der Waals surface area contributed by atoms with Gasteiger partial charge in [0.2, 0.25) is 0 Å². The van der Waals surface area contributed by atoms with E-state index < -0.39 is 0 Å². The van der Waals surface area contributed by atoms with Gasteiger partial charge in [-0.1, -0.05) is 23.9 Å². The summed E-state index contributed by atoms with van der Waals surface area (Å²) in [6.45, 7) is 2.78. The van der Waals surface area contributed by atoms with E-state index in [-0.39, 0.29) is 5.25 Å². The molecule has 0 aliphatic rings. The molecule has 0 unspecified atom stereocenters. The fraction of sp³-hybridized carbons (Fsp3) is 0.250. The van der Waals surface area contributed by atoms with Crippen LogP contribution >= 0.6 is 11.8 Å². The lowest BCUT2D eigenvalue weighted by Gasteiger charge is -2.12. The van der Waals surface area contributed by atoms with Crippen LogP contribution in [0.2, 0.25) is 0 Å². The summed E-state index contributed by atoms with van der Waals surface area (Å²) in [5, 5.41) is 9.33. The Kier molecular flexibility index (Phi) is 4.48. The zero-order chi connectivity index (χ0) is 15.4. The van der Waals surface area contributed by atoms with Crippen LogP contribution in [0.4, 0.5) is 0 Å². The highest BCUT2D eigenvalue weighted by molar-refractivity contribution is 7.99. The minimum absolute atomic E-state index is 0.245. The van der Waals surface area contributed by atoms with Crippen LogP contribution in [0.25, 0.3) is 0 Å². The van der Waals surface area contributed by atoms with E-state index in [4.69, 9.17) is 9.15 Å². The molecule has 114 valence electrons. The first kappa shape index (κ1) is 14.7. The first-order chi connectivity index (χ1) is 10.8. The van der Waals surface area contributed by atoms with Gasteiger partial charge in [0.05, 0.1) is 19.9 Å². The van der Waals surface area contributed by atoms with Crippen molar-refractivity contribution < 1.29 is 9.15 Å². The summed E-state index contributed by atoms with van der Waals surface area (Å²) >= 11 is 1.66. The van der Waals surface area contributed by atoms with Crippen LogP contribution in [-0.4, -0.2) is 21.9 Å². The van der Waals surface area contributed by atoms with E-state index in [2.05, 4.69) is 23.2 Å². The number of methoxy groups -OCH3 is 1. The van der Waals surface area contributed by atoms with Crippen molar-refractivity contribution in [3.63, 3.8) is 0 Å². The topological polar surface area (TPSA) is 53.1 Å². The average Bonchev–Trinajstić information content (AvgIpc) is 3.20. The second kappa shape index (κ2) is 6.70. The SMILES string of the molecule is COc1cccc([C@@H](C)Sc2nncn2Cc2ccco2)c1. The first-order valence-electron chi connectivity index (χ1n) is 6.97. The lowest BCUT2D eigenvalue weighted by Crippen LogP contribution is -2.00. The van der Waals surface area contributed by atoms with E-state index in [9.17, 15) is 0 Å². The molecule has 3 aromatic rings. The van der Waals surface area contributed by atoms with Gasteiger partial charge in [-0.15, -0.1) is 10.2 Å². The summed E-state index contributed by atoms with van der Waals surface area (Å²) in [5.41, 5.74) is 1.19. The zero-order valence-corrected chi connectivity index (χ0v) is 13.3. The maximum absolute atomic E-state index is 5.38. The third-order valence-electron chi connectivity index (χ3n) is 3.33. The number of aromatic nitrogens is 3. The second-order valence-electron chi connectivity index (χ2n) is 4.86. The summed E-state index contributed by atoms with van der Waals surface area (Å²) in [6.07, 6.45) is 3.40. The Morgan fingerprint density at radius 1 is 1.32 bits per heavy atom. The summed E-state index contributed by atoms with van der Waals surface area (Å²) in [5.74, 6) is 1.75. The van der Waals surface area contributed by atoms with Crippen LogP contribution in [0.3, 0.4) is 0 Å². The Morgan fingerprint density at radius 2 is 2.23 bits per heavy atom. The van der Waals surface area contributed by atoms with Crippen molar-refractivity contribution >= 4 is 11.8 Å². The van der Waals surface area contributed by atoms with Gasteiger partial charge in [0.15, 0.2) is 5.16 Å². The van der Waals surface area contributed by atoms with E-state index in [1.165, 1.54) is 5.56 Å². The molecule has 0 spiro atoms. The van der Waals surface area contributed by atoms with Gasteiger partial charge in [-0.25, -0.2) is 0 Å². The number of thioether (sulfide) groups is 1. The summed E-state index contributed by atoms with van der Waals surface area (Å²) in [6, 6.07) is 11.9. The molecule has 3 rings (SSSR count). The predicted octanol–water partition coefficient (Wildman–Crippen LogP) is 3.78. The van der Waals surface area contributed by atoms with Crippen molar-refractivity contribution in [2.24, 2.45) is 0 Å². The third-order valence-corrected chi connectivity index (χ3v) is 4.48. The molecule has 0 aliphatic carbocycles. The van der Waals surface area contributed by atoms with Crippen molar-refractivity contribution in [1.82, 2.24) is 14.8 Å². The Balaban J connectivity index is 1.74. The van der Waals surface area contributed by atoms with Gasteiger partial charge in [-0.2, -0.15) is 0 Å². The van der Waals surface area contributed by atoms with Crippen LogP contribution in [0.5, 0.6) is 5.75 Å². The van der Waals surface area contributed by atoms with Gasteiger partial charge >= 0.3 is 0 Å². The number of rotatable bonds is 6. The molecule has 22 heavy (non-hydrogen) atoms. The molecule has 2 heterocycles. The Bertz CT molecular complexity index is 725. The van der Waals surface area contributed by atoms with Gasteiger partial charge in [0.1, 0.15) is 17.8 Å². The first-order valence-corrected chi connectivity index (χ1v) is 7.85. The summed E-state index contributed by atoms with van der Waals surface area (Å²) in [4.78, 5) is 0. The molecular weight excluding hydrogens is 298 g/mol. The Morgan fingerprint density at radius 3 is 3.00 bits per heavy atom. The fourth-order valence-corrected chi connectivity index (χ4v) is 3.08. The lowest BCUT2D eigenvalue weighted by molar-refractivity contribution is 0.414. The standard InChI is InChI=1S/C16H17N3O2S/c1-12(13-5-3-6-14(9-13)20-2)22-16-18-17-11-19(16)10-15-7-4-8-21-15/h3-9,11-12H,10H2,1-2H3/t12-/m1/s1. The van der Waals surface area contributed by atoms with E-state index >= 15 is 0 Å². The van der Waals surface area contributed by atoms with Crippen LogP contribution in [0.1, 0.15) is 23.5 Å². The highest BCUT2D eigenvalue weighted by atomic mass is 32.2. The highest BCUT2D eigenvalue weighted by Crippen LogP contribution is 2.34. The lowest BCUT2D eigenvalue weighted by atomic mass is 10.1. The normalized spacial score (nSPS) is 12.3. The molecule has 6 heteroatoms. The molecule has 5 nitrogen and oxygen atoms in total. The van der Waals surface area contributed by atoms with Gasteiger partial charge in [-0.3, -0.25) is 0 Å². The van der Waals surface area contributed by atoms with E-state index in [0.29, 0.717) is 6.54 Å². The largest absolute Gasteiger partial charge is 0.497 e. The predicted molar refractivity (Wildman–Crippen MR) is 85.1 cm³/mol. The van der Waals surface area contributed by atoms with Crippen molar-refractivity contribution in [2.45, 2.75) is 23.9 Å². The number of nitrogens with zero attached hydrogens (tertiary/aromatic N) is 3. The van der Waals surface area contributed by atoms with Gasteiger partial charge in [-0.05, 0) is 36.8 Å². The van der Waals surface area contributed by atoms with Gasteiger partial charge in [0, 0.05) is 5.25 Å². The number of ether oxygens (including phenoxy) is 1. The van der Waals surface area contributed by atoms with Crippen molar-refractivity contribution in [3.8, 4) is 5.75 Å². The molecule has 0 aliphatic heterocycles. The molecular formula is C16H17N3O2S. The minimum Gasteiger partial charge on any atom is -0.497 e. The number of furan rings is 1.